The molecule has 156 valence electrons. The number of carbonyl (C=O) groups excluding carboxylic acids is 1. The summed E-state index contributed by atoms with van der Waals surface area (Å²) in [6.45, 7) is -3.78. The van der Waals surface area contributed by atoms with Gasteiger partial charge in [-0.25, -0.2) is 4.79 Å². The Morgan fingerprint density at radius 2 is 1.93 bits per heavy atom. The van der Waals surface area contributed by atoms with Crippen LogP contribution in [-0.2, 0) is 11.3 Å². The zero-order chi connectivity index (χ0) is 21.8. The van der Waals surface area contributed by atoms with E-state index >= 15 is 0 Å². The first-order valence-electron chi connectivity index (χ1n) is 8.39. The summed E-state index contributed by atoms with van der Waals surface area (Å²) in [6, 6.07) is 9.42. The number of benzene rings is 2. The molecule has 0 radical (unpaired) electrons. The molecule has 1 N–H and O–H groups in total. The summed E-state index contributed by atoms with van der Waals surface area (Å²) in [5.74, 6) is -1.62. The lowest BCUT2D eigenvalue weighted by atomic mass is 10.1. The second kappa shape index (κ2) is 8.55. The van der Waals surface area contributed by atoms with Gasteiger partial charge in [-0.1, -0.05) is 18.2 Å². The number of nitrogens with zero attached hydrogens (tertiary/aromatic N) is 1. The van der Waals surface area contributed by atoms with Crippen LogP contribution in [0.2, 0.25) is 0 Å². The summed E-state index contributed by atoms with van der Waals surface area (Å²) >= 11 is 0. The van der Waals surface area contributed by atoms with Gasteiger partial charge in [0.1, 0.15) is 6.61 Å². The smallest absolute Gasteiger partial charge is 0.387 e. The first-order chi connectivity index (χ1) is 14.3. The van der Waals surface area contributed by atoms with Crippen molar-refractivity contribution in [3.8, 4) is 11.5 Å². The van der Waals surface area contributed by atoms with Gasteiger partial charge >= 0.3 is 12.6 Å². The quantitative estimate of drug-likeness (QED) is 0.353. The molecule has 3 aromatic rings. The maximum atomic E-state index is 12.5. The molecule has 11 heteroatoms. The molecule has 0 aliphatic carbocycles. The van der Waals surface area contributed by atoms with Crippen molar-refractivity contribution in [3.05, 3.63) is 74.1 Å². The van der Waals surface area contributed by atoms with Gasteiger partial charge in [-0.05, 0) is 12.1 Å². The van der Waals surface area contributed by atoms with Crippen molar-refractivity contribution in [3.63, 3.8) is 0 Å². The minimum absolute atomic E-state index is 0.0263. The number of hydrogen-bond acceptors (Lipinski definition) is 7. The maximum Gasteiger partial charge on any atom is 0.387 e. The average molecular weight is 420 g/mol. The number of fused-ring (bicyclic) bond motifs is 1. The predicted octanol–water partition coefficient (Wildman–Crippen LogP) is 3.40. The van der Waals surface area contributed by atoms with E-state index in [2.05, 4.69) is 9.72 Å². The van der Waals surface area contributed by atoms with Crippen LogP contribution in [0.15, 0.2) is 47.3 Å². The van der Waals surface area contributed by atoms with Crippen LogP contribution in [0.1, 0.15) is 15.9 Å². The van der Waals surface area contributed by atoms with E-state index in [1.807, 2.05) is 0 Å². The van der Waals surface area contributed by atoms with Crippen LogP contribution < -0.4 is 15.0 Å². The molecule has 9 nitrogen and oxygen atoms in total. The monoisotopic (exact) mass is 420 g/mol. The van der Waals surface area contributed by atoms with Gasteiger partial charge in [0.15, 0.2) is 11.5 Å². The SMILES string of the molecule is COc1cc(COC(=O)c2cc(=O)[nH]c3ccccc23)c([N+](=O)[O-])cc1OC(F)F. The van der Waals surface area contributed by atoms with Crippen molar-refractivity contribution in [1.29, 1.82) is 0 Å². The van der Waals surface area contributed by atoms with E-state index in [0.29, 0.717) is 10.9 Å². The van der Waals surface area contributed by atoms with Gasteiger partial charge in [0.25, 0.3) is 5.69 Å². The van der Waals surface area contributed by atoms with Crippen molar-refractivity contribution >= 4 is 22.6 Å². The Bertz CT molecular complexity index is 1180. The molecule has 0 aliphatic rings. The van der Waals surface area contributed by atoms with Gasteiger partial charge in [-0.3, -0.25) is 14.9 Å². The fraction of sp³-hybridized carbons (Fsp3) is 0.158. The number of aromatic amines is 1. The minimum atomic E-state index is -3.22. The zero-order valence-electron chi connectivity index (χ0n) is 15.4. The Morgan fingerprint density at radius 3 is 2.60 bits per heavy atom. The van der Waals surface area contributed by atoms with E-state index in [-0.39, 0.29) is 16.9 Å². The van der Waals surface area contributed by atoms with Crippen LogP contribution in [0.3, 0.4) is 0 Å². The second-order valence-corrected chi connectivity index (χ2v) is 5.94. The van der Waals surface area contributed by atoms with Gasteiger partial charge < -0.3 is 19.2 Å². The third-order valence-electron chi connectivity index (χ3n) is 4.11. The summed E-state index contributed by atoms with van der Waals surface area (Å²) in [4.78, 5) is 37.4. The molecule has 0 aliphatic heterocycles. The minimum Gasteiger partial charge on any atom is -0.493 e. The molecule has 0 atom stereocenters. The number of carbonyl (C=O) groups is 1. The van der Waals surface area contributed by atoms with E-state index < -0.39 is 41.1 Å². The third-order valence-corrected chi connectivity index (χ3v) is 4.11. The molecular formula is C19H14F2N2O7. The van der Waals surface area contributed by atoms with E-state index in [9.17, 15) is 28.5 Å². The zero-order valence-corrected chi connectivity index (χ0v) is 15.4. The fourth-order valence-electron chi connectivity index (χ4n) is 2.82. The van der Waals surface area contributed by atoms with Crippen molar-refractivity contribution in [1.82, 2.24) is 4.98 Å². The Morgan fingerprint density at radius 1 is 1.20 bits per heavy atom. The highest BCUT2D eigenvalue weighted by molar-refractivity contribution is 6.03. The molecule has 0 amide bonds. The molecule has 3 rings (SSSR count). The highest BCUT2D eigenvalue weighted by atomic mass is 19.3. The first kappa shape index (κ1) is 20.7. The van der Waals surface area contributed by atoms with Crippen LogP contribution in [0.4, 0.5) is 14.5 Å². The van der Waals surface area contributed by atoms with Gasteiger partial charge in [0.05, 0.1) is 29.2 Å². The number of nitro groups is 1. The Labute approximate surface area is 166 Å². The van der Waals surface area contributed by atoms with E-state index in [4.69, 9.17) is 9.47 Å². The molecule has 0 saturated heterocycles. The summed E-state index contributed by atoms with van der Waals surface area (Å²) in [7, 11) is 1.16. The Hall–Kier alpha value is -4.02. The molecule has 1 aromatic heterocycles. The van der Waals surface area contributed by atoms with Gasteiger partial charge in [0.2, 0.25) is 5.56 Å². The predicted molar refractivity (Wildman–Crippen MR) is 100.0 cm³/mol. The number of aromatic nitrogens is 1. The number of halogens is 2. The van der Waals surface area contributed by atoms with E-state index in [1.54, 1.807) is 24.3 Å². The largest absolute Gasteiger partial charge is 0.493 e. The number of esters is 1. The second-order valence-electron chi connectivity index (χ2n) is 5.94. The number of rotatable bonds is 7. The van der Waals surface area contributed by atoms with Crippen molar-refractivity contribution < 1.29 is 32.7 Å². The van der Waals surface area contributed by atoms with Crippen molar-refractivity contribution in [2.45, 2.75) is 13.2 Å². The molecular weight excluding hydrogens is 406 g/mol. The molecule has 2 aromatic carbocycles. The lowest BCUT2D eigenvalue weighted by Gasteiger charge is -2.12. The molecule has 0 bridgehead atoms. The van der Waals surface area contributed by atoms with Crippen LogP contribution >= 0.6 is 0 Å². The van der Waals surface area contributed by atoms with Crippen molar-refractivity contribution in [2.24, 2.45) is 0 Å². The lowest BCUT2D eigenvalue weighted by molar-refractivity contribution is -0.386. The number of nitro benzene ring substituents is 1. The number of methoxy groups -OCH3 is 1. The topological polar surface area (TPSA) is 121 Å². The van der Waals surface area contributed by atoms with Gasteiger partial charge in [0, 0.05) is 17.0 Å². The number of nitrogens with one attached hydrogen (secondary N) is 1. The number of alkyl halides is 2. The van der Waals surface area contributed by atoms with Gasteiger partial charge in [-0.15, -0.1) is 0 Å². The summed E-state index contributed by atoms with van der Waals surface area (Å²) in [6.07, 6.45) is 0. The van der Waals surface area contributed by atoms with E-state index in [1.165, 1.54) is 0 Å². The highest BCUT2D eigenvalue weighted by Gasteiger charge is 2.23. The van der Waals surface area contributed by atoms with Crippen LogP contribution in [0.25, 0.3) is 10.9 Å². The summed E-state index contributed by atoms with van der Waals surface area (Å²) < 4.78 is 39.4. The number of ether oxygens (including phenoxy) is 3. The Balaban J connectivity index is 1.93. The van der Waals surface area contributed by atoms with Gasteiger partial charge in [-0.2, -0.15) is 8.78 Å². The summed E-state index contributed by atoms with van der Waals surface area (Å²) in [5.41, 5.74) is -0.850. The highest BCUT2D eigenvalue weighted by Crippen LogP contribution is 2.36. The molecule has 1 heterocycles. The van der Waals surface area contributed by atoms with Crippen LogP contribution in [-0.4, -0.2) is 29.6 Å². The summed E-state index contributed by atoms with van der Waals surface area (Å²) in [5, 5.41) is 11.8. The van der Waals surface area contributed by atoms with Crippen molar-refractivity contribution in [2.75, 3.05) is 7.11 Å². The van der Waals surface area contributed by atoms with Crippen LogP contribution in [0.5, 0.6) is 11.5 Å². The normalized spacial score (nSPS) is 10.8. The number of para-hydroxylation sites is 1. The molecule has 30 heavy (non-hydrogen) atoms. The Kier molecular flexibility index (Phi) is 5.90. The number of H-pyrrole nitrogens is 1. The molecule has 0 saturated carbocycles. The molecule has 0 spiro atoms. The third kappa shape index (κ3) is 4.35. The first-order valence-corrected chi connectivity index (χ1v) is 8.39. The standard InChI is InChI=1S/C19H14F2N2O7/c1-28-15-6-10(14(23(26)27)8-16(15)30-19(20)21)9-29-18(25)12-7-17(24)22-13-5-3-2-4-11(12)13/h2-8,19H,9H2,1H3,(H,22,24). The fourth-order valence-corrected chi connectivity index (χ4v) is 2.82. The molecule has 0 unspecified atom stereocenters. The lowest BCUT2D eigenvalue weighted by Crippen LogP contribution is -2.13. The number of hydrogen-bond donors (Lipinski definition) is 1. The number of pyridine rings is 1. The average Bonchev–Trinajstić information content (AvgIpc) is 2.70. The molecule has 0 fully saturated rings. The van der Waals surface area contributed by atoms with E-state index in [0.717, 1.165) is 25.3 Å². The van der Waals surface area contributed by atoms with Crippen LogP contribution in [0, 0.1) is 10.1 Å². The maximum absolute atomic E-state index is 12.5.